The van der Waals surface area contributed by atoms with Gasteiger partial charge in [-0.3, -0.25) is 0 Å². The van der Waals surface area contributed by atoms with Crippen LogP contribution in [0, 0.1) is 25.7 Å². The van der Waals surface area contributed by atoms with Crippen molar-refractivity contribution in [1.82, 2.24) is 15.0 Å². The molecule has 122 valence electrons. The van der Waals surface area contributed by atoms with E-state index >= 15 is 0 Å². The normalized spacial score (nSPS) is 10.5. The first-order valence-electron chi connectivity index (χ1n) is 8.08. The van der Waals surface area contributed by atoms with Gasteiger partial charge in [-0.05, 0) is 25.5 Å². The predicted molar refractivity (Wildman–Crippen MR) is 94.9 cm³/mol. The summed E-state index contributed by atoms with van der Waals surface area (Å²) >= 11 is 0. The van der Waals surface area contributed by atoms with Gasteiger partial charge in [0.2, 0.25) is 0 Å². The van der Waals surface area contributed by atoms with Crippen LogP contribution in [0.4, 0.5) is 5.82 Å². The van der Waals surface area contributed by atoms with Crippen LogP contribution in [0.25, 0.3) is 11.2 Å². The molecule has 2 heterocycles. The fraction of sp³-hybridized carbons (Fsp3) is 0.316. The lowest BCUT2D eigenvalue weighted by Crippen LogP contribution is -2.26. The molecule has 3 aromatic rings. The standard InChI is InChI=1S/C19H20N4O/c1-4-12-23(13-8-11-16-9-6-5-7-10-16)18-17-19(21-14(2)20-18)24-15(3)22-17/h5-7,9-10H,4,12-13H2,1-3H3. The summed E-state index contributed by atoms with van der Waals surface area (Å²) in [7, 11) is 0. The van der Waals surface area contributed by atoms with Crippen LogP contribution in [0.1, 0.15) is 30.6 Å². The van der Waals surface area contributed by atoms with E-state index in [-0.39, 0.29) is 0 Å². The molecule has 0 amide bonds. The molecule has 0 radical (unpaired) electrons. The molecule has 0 unspecified atom stereocenters. The molecule has 0 saturated carbocycles. The lowest BCUT2D eigenvalue weighted by atomic mass is 10.2. The van der Waals surface area contributed by atoms with E-state index in [0.29, 0.717) is 29.5 Å². The van der Waals surface area contributed by atoms with E-state index < -0.39 is 0 Å². The SMILES string of the molecule is CCCN(CC#Cc1ccccc1)c1nc(C)nc2oc(C)nc12. The Hall–Kier alpha value is -2.87. The molecule has 0 bridgehead atoms. The van der Waals surface area contributed by atoms with E-state index in [2.05, 4.69) is 38.6 Å². The monoisotopic (exact) mass is 320 g/mol. The van der Waals surface area contributed by atoms with Gasteiger partial charge >= 0.3 is 0 Å². The average molecular weight is 320 g/mol. The van der Waals surface area contributed by atoms with Gasteiger partial charge in [0.05, 0.1) is 6.54 Å². The van der Waals surface area contributed by atoms with Gasteiger partial charge in [0, 0.05) is 19.0 Å². The number of anilines is 1. The molecule has 0 atom stereocenters. The highest BCUT2D eigenvalue weighted by Gasteiger charge is 2.16. The molecule has 1 aromatic carbocycles. The number of oxazole rings is 1. The van der Waals surface area contributed by atoms with Crippen molar-refractivity contribution in [2.24, 2.45) is 0 Å². The number of aromatic nitrogens is 3. The van der Waals surface area contributed by atoms with Crippen molar-refractivity contribution < 1.29 is 4.42 Å². The molecule has 0 aliphatic heterocycles. The number of rotatable bonds is 4. The van der Waals surface area contributed by atoms with Crippen LogP contribution in [-0.4, -0.2) is 28.0 Å². The molecule has 0 saturated heterocycles. The first-order chi connectivity index (χ1) is 11.7. The third kappa shape index (κ3) is 3.54. The largest absolute Gasteiger partial charge is 0.422 e. The zero-order valence-corrected chi connectivity index (χ0v) is 14.2. The average Bonchev–Trinajstić information content (AvgIpc) is 2.94. The number of fused-ring (bicyclic) bond motifs is 1. The Bertz CT molecular complexity index is 890. The maximum atomic E-state index is 5.57. The molecule has 0 aliphatic carbocycles. The van der Waals surface area contributed by atoms with Crippen LogP contribution in [-0.2, 0) is 0 Å². The van der Waals surface area contributed by atoms with E-state index in [1.165, 1.54) is 0 Å². The van der Waals surface area contributed by atoms with Crippen LogP contribution >= 0.6 is 0 Å². The molecule has 0 spiro atoms. The van der Waals surface area contributed by atoms with Crippen molar-refractivity contribution in [1.29, 1.82) is 0 Å². The van der Waals surface area contributed by atoms with Crippen LogP contribution in [0.3, 0.4) is 0 Å². The maximum Gasteiger partial charge on any atom is 0.252 e. The second-order valence-electron chi connectivity index (χ2n) is 5.57. The fourth-order valence-electron chi connectivity index (χ4n) is 2.52. The molecular formula is C19H20N4O. The molecule has 24 heavy (non-hydrogen) atoms. The highest BCUT2D eigenvalue weighted by molar-refractivity contribution is 5.82. The van der Waals surface area contributed by atoms with Gasteiger partial charge in [-0.15, -0.1) is 0 Å². The second-order valence-corrected chi connectivity index (χ2v) is 5.57. The zero-order chi connectivity index (χ0) is 16.9. The van der Waals surface area contributed by atoms with Crippen molar-refractivity contribution >= 4 is 17.0 Å². The highest BCUT2D eigenvalue weighted by atomic mass is 16.4. The summed E-state index contributed by atoms with van der Waals surface area (Å²) in [4.78, 5) is 15.5. The van der Waals surface area contributed by atoms with E-state index in [1.54, 1.807) is 0 Å². The van der Waals surface area contributed by atoms with Gasteiger partial charge in [-0.1, -0.05) is 37.0 Å². The van der Waals surface area contributed by atoms with E-state index in [4.69, 9.17) is 4.42 Å². The molecule has 0 aliphatic rings. The quantitative estimate of drug-likeness (QED) is 0.689. The smallest absolute Gasteiger partial charge is 0.252 e. The van der Waals surface area contributed by atoms with E-state index in [1.807, 2.05) is 44.2 Å². The molecule has 5 nitrogen and oxygen atoms in total. The second kappa shape index (κ2) is 7.14. The van der Waals surface area contributed by atoms with Crippen molar-refractivity contribution in [2.75, 3.05) is 18.0 Å². The van der Waals surface area contributed by atoms with Gasteiger partial charge in [-0.2, -0.15) is 4.98 Å². The van der Waals surface area contributed by atoms with Crippen LogP contribution in [0.2, 0.25) is 0 Å². The number of benzene rings is 1. The van der Waals surface area contributed by atoms with E-state index in [0.717, 1.165) is 24.3 Å². The number of nitrogens with zero attached hydrogens (tertiary/aromatic N) is 4. The fourth-order valence-corrected chi connectivity index (χ4v) is 2.52. The van der Waals surface area contributed by atoms with Gasteiger partial charge < -0.3 is 9.32 Å². The minimum Gasteiger partial charge on any atom is -0.422 e. The van der Waals surface area contributed by atoms with Gasteiger partial charge in [0.25, 0.3) is 5.71 Å². The van der Waals surface area contributed by atoms with Crippen LogP contribution in [0.15, 0.2) is 34.7 Å². The molecule has 2 aromatic heterocycles. The third-order valence-electron chi connectivity index (χ3n) is 3.53. The minimum atomic E-state index is 0.534. The first kappa shape index (κ1) is 16.0. The Morgan fingerprint density at radius 1 is 1.08 bits per heavy atom. The van der Waals surface area contributed by atoms with Crippen molar-refractivity contribution in [3.05, 3.63) is 47.6 Å². The summed E-state index contributed by atoms with van der Waals surface area (Å²) in [6.45, 7) is 7.25. The molecule has 0 fully saturated rings. The van der Waals surface area contributed by atoms with Crippen molar-refractivity contribution in [3.8, 4) is 11.8 Å². The Morgan fingerprint density at radius 2 is 1.88 bits per heavy atom. The molecule has 0 N–H and O–H groups in total. The maximum absolute atomic E-state index is 5.57. The number of hydrogen-bond donors (Lipinski definition) is 0. The summed E-state index contributed by atoms with van der Waals surface area (Å²) in [5.41, 5.74) is 2.25. The lowest BCUT2D eigenvalue weighted by Gasteiger charge is -2.20. The van der Waals surface area contributed by atoms with Gasteiger partial charge in [0.1, 0.15) is 5.82 Å². The third-order valence-corrected chi connectivity index (χ3v) is 3.53. The summed E-state index contributed by atoms with van der Waals surface area (Å²) in [6.07, 6.45) is 0.994. The van der Waals surface area contributed by atoms with Crippen molar-refractivity contribution in [2.45, 2.75) is 27.2 Å². The molecule has 5 heteroatoms. The Morgan fingerprint density at radius 3 is 2.62 bits per heavy atom. The number of hydrogen-bond acceptors (Lipinski definition) is 5. The Labute approximate surface area is 141 Å². The molecular weight excluding hydrogens is 300 g/mol. The summed E-state index contributed by atoms with van der Waals surface area (Å²) in [5, 5.41) is 0. The zero-order valence-electron chi connectivity index (χ0n) is 14.2. The topological polar surface area (TPSA) is 55.1 Å². The summed E-state index contributed by atoms with van der Waals surface area (Å²) < 4.78 is 5.57. The molecule has 3 rings (SSSR count). The van der Waals surface area contributed by atoms with Crippen LogP contribution < -0.4 is 4.90 Å². The van der Waals surface area contributed by atoms with Crippen LogP contribution in [0.5, 0.6) is 0 Å². The Balaban J connectivity index is 1.92. The lowest BCUT2D eigenvalue weighted by molar-refractivity contribution is 0.550. The van der Waals surface area contributed by atoms with Gasteiger partial charge in [0.15, 0.2) is 17.2 Å². The summed E-state index contributed by atoms with van der Waals surface area (Å²) in [6, 6.07) is 9.98. The Kier molecular flexibility index (Phi) is 4.76. The van der Waals surface area contributed by atoms with E-state index in [9.17, 15) is 0 Å². The van der Waals surface area contributed by atoms with Crippen molar-refractivity contribution in [3.63, 3.8) is 0 Å². The minimum absolute atomic E-state index is 0.534. The van der Waals surface area contributed by atoms with Gasteiger partial charge in [-0.25, -0.2) is 9.97 Å². The number of aryl methyl sites for hydroxylation is 2. The highest BCUT2D eigenvalue weighted by Crippen LogP contribution is 2.24. The predicted octanol–water partition coefficient (Wildman–Crippen LogP) is 3.50. The first-order valence-corrected chi connectivity index (χ1v) is 8.08. The summed E-state index contributed by atoms with van der Waals surface area (Å²) in [5.74, 6) is 8.48.